The number of hydrogen-bond acceptors (Lipinski definition) is 3. The summed E-state index contributed by atoms with van der Waals surface area (Å²) in [6, 6.07) is 7.96. The van der Waals surface area contributed by atoms with Gasteiger partial charge in [-0.1, -0.05) is 29.7 Å². The van der Waals surface area contributed by atoms with Crippen LogP contribution < -0.4 is 10.8 Å². The van der Waals surface area contributed by atoms with Gasteiger partial charge in [-0.25, -0.2) is 0 Å². The van der Waals surface area contributed by atoms with Gasteiger partial charge in [0.15, 0.2) is 0 Å². The summed E-state index contributed by atoms with van der Waals surface area (Å²) in [5.41, 5.74) is 2.19. The predicted molar refractivity (Wildman–Crippen MR) is 122 cm³/mol. The summed E-state index contributed by atoms with van der Waals surface area (Å²) in [6.07, 6.45) is 8.49. The van der Waals surface area contributed by atoms with Crippen LogP contribution in [0.1, 0.15) is 50.5 Å². The zero-order chi connectivity index (χ0) is 21.4. The van der Waals surface area contributed by atoms with E-state index in [1.165, 1.54) is 38.5 Å². The third-order valence-electron chi connectivity index (χ3n) is 8.31. The molecule has 2 amide bonds. The van der Waals surface area contributed by atoms with Crippen molar-refractivity contribution >= 4 is 25.1 Å². The lowest BCUT2D eigenvalue weighted by Crippen LogP contribution is -2.52. The summed E-state index contributed by atoms with van der Waals surface area (Å²) < 4.78 is 0. The number of carbonyl (C=O) groups excluding carboxylic acids is 2. The second-order valence-corrected chi connectivity index (χ2v) is 10.7. The van der Waals surface area contributed by atoms with Crippen LogP contribution >= 0.6 is 0 Å². The van der Waals surface area contributed by atoms with Gasteiger partial charge >= 0.3 is 0 Å². The first-order chi connectivity index (χ1) is 15.0. The number of rotatable bonds is 6. The Bertz CT molecular complexity index is 799. The zero-order valence-electron chi connectivity index (χ0n) is 18.5. The number of nitrogens with one attached hydrogen (secondary N) is 1. The Hall–Kier alpha value is -1.82. The molecule has 1 saturated heterocycles. The molecule has 4 aliphatic carbocycles. The fourth-order valence-electron chi connectivity index (χ4n) is 7.27. The van der Waals surface area contributed by atoms with E-state index in [4.69, 9.17) is 7.85 Å². The van der Waals surface area contributed by atoms with Crippen LogP contribution in [0.15, 0.2) is 24.3 Å². The highest BCUT2D eigenvalue weighted by atomic mass is 16.2. The van der Waals surface area contributed by atoms with Gasteiger partial charge in [0.05, 0.1) is 6.54 Å². The lowest BCUT2D eigenvalue weighted by Gasteiger charge is -2.56. The van der Waals surface area contributed by atoms with Crippen LogP contribution in [-0.2, 0) is 16.1 Å². The van der Waals surface area contributed by atoms with Gasteiger partial charge in [0.25, 0.3) is 0 Å². The second kappa shape index (κ2) is 8.61. The monoisotopic (exact) mass is 419 g/mol. The molecule has 4 bridgehead atoms. The van der Waals surface area contributed by atoms with Crippen molar-refractivity contribution in [2.24, 2.45) is 23.2 Å². The molecule has 1 aromatic carbocycles. The third-order valence-corrected chi connectivity index (χ3v) is 8.31. The predicted octanol–water partition coefficient (Wildman–Crippen LogP) is 1.85. The van der Waals surface area contributed by atoms with E-state index in [9.17, 15) is 9.59 Å². The Morgan fingerprint density at radius 1 is 0.968 bits per heavy atom. The smallest absolute Gasteiger partial charge is 0.242 e. The van der Waals surface area contributed by atoms with Crippen molar-refractivity contribution in [3.8, 4) is 0 Å². The first-order valence-corrected chi connectivity index (χ1v) is 12.1. The Morgan fingerprint density at radius 3 is 2.19 bits per heavy atom. The summed E-state index contributed by atoms with van der Waals surface area (Å²) in [5, 5.41) is 2.95. The highest BCUT2D eigenvalue weighted by molar-refractivity contribution is 6.33. The fourth-order valence-corrected chi connectivity index (χ4v) is 7.27. The van der Waals surface area contributed by atoms with Crippen molar-refractivity contribution < 1.29 is 9.59 Å². The minimum atomic E-state index is 0.0396. The minimum absolute atomic E-state index is 0.0396. The van der Waals surface area contributed by atoms with Crippen molar-refractivity contribution in [3.63, 3.8) is 0 Å². The van der Waals surface area contributed by atoms with Gasteiger partial charge in [-0.2, -0.15) is 0 Å². The van der Waals surface area contributed by atoms with Crippen LogP contribution in [0.25, 0.3) is 0 Å². The Labute approximate surface area is 187 Å². The van der Waals surface area contributed by atoms with E-state index in [0.717, 1.165) is 48.4 Å². The average Bonchev–Trinajstić information content (AvgIpc) is 2.73. The number of carbonyl (C=O) groups is 2. The maximum absolute atomic E-state index is 12.7. The molecule has 1 aliphatic heterocycles. The van der Waals surface area contributed by atoms with Gasteiger partial charge in [0.1, 0.15) is 7.85 Å². The summed E-state index contributed by atoms with van der Waals surface area (Å²) in [6.45, 7) is 4.03. The van der Waals surface area contributed by atoms with E-state index >= 15 is 0 Å². The molecule has 2 radical (unpaired) electrons. The van der Waals surface area contributed by atoms with Gasteiger partial charge in [-0.05, 0) is 67.3 Å². The lowest BCUT2D eigenvalue weighted by atomic mass is 9.49. The molecule has 6 rings (SSSR count). The van der Waals surface area contributed by atoms with E-state index in [0.29, 0.717) is 19.5 Å². The van der Waals surface area contributed by atoms with Crippen molar-refractivity contribution in [2.75, 3.05) is 32.7 Å². The zero-order valence-corrected chi connectivity index (χ0v) is 18.5. The molecular formula is C25H34BN3O2. The van der Waals surface area contributed by atoms with Gasteiger partial charge < -0.3 is 10.2 Å². The summed E-state index contributed by atoms with van der Waals surface area (Å²) >= 11 is 0. The first kappa shape index (κ1) is 21.1. The van der Waals surface area contributed by atoms with Gasteiger partial charge in [0, 0.05) is 39.1 Å². The first-order valence-electron chi connectivity index (χ1n) is 12.1. The lowest BCUT2D eigenvalue weighted by molar-refractivity contribution is -0.136. The van der Waals surface area contributed by atoms with Crippen LogP contribution in [0.4, 0.5) is 0 Å². The number of piperazine rings is 1. The number of hydrogen-bond donors (Lipinski definition) is 1. The van der Waals surface area contributed by atoms with E-state index in [1.807, 2.05) is 23.1 Å². The van der Waals surface area contributed by atoms with E-state index in [2.05, 4.69) is 16.3 Å². The quantitative estimate of drug-likeness (QED) is 0.717. The maximum Gasteiger partial charge on any atom is 0.242 e. The number of benzene rings is 1. The summed E-state index contributed by atoms with van der Waals surface area (Å²) in [7, 11) is 6.06. The van der Waals surface area contributed by atoms with E-state index in [1.54, 1.807) is 0 Å². The van der Waals surface area contributed by atoms with Crippen molar-refractivity contribution in [1.82, 2.24) is 15.1 Å². The molecule has 5 fully saturated rings. The van der Waals surface area contributed by atoms with Crippen molar-refractivity contribution in [2.45, 2.75) is 51.5 Å². The molecule has 5 nitrogen and oxygen atoms in total. The Morgan fingerprint density at radius 2 is 1.58 bits per heavy atom. The molecule has 0 unspecified atom stereocenters. The van der Waals surface area contributed by atoms with Gasteiger partial charge in [-0.3, -0.25) is 14.5 Å². The molecule has 164 valence electrons. The molecule has 0 atom stereocenters. The molecule has 1 aromatic rings. The Kier molecular flexibility index (Phi) is 5.85. The number of nitrogens with zero attached hydrogens (tertiary/aromatic N) is 2. The van der Waals surface area contributed by atoms with Crippen molar-refractivity contribution in [3.05, 3.63) is 29.8 Å². The van der Waals surface area contributed by atoms with Crippen LogP contribution in [0.2, 0.25) is 0 Å². The third kappa shape index (κ3) is 4.69. The van der Waals surface area contributed by atoms with Crippen LogP contribution in [0.5, 0.6) is 0 Å². The standard InChI is InChI=1S/C25H34BN3O2/c26-22-4-2-1-3-21(22)17-28-5-7-29(8-6-28)24(31)16-27-23(30)15-25-12-18-9-19(13-25)11-20(10-18)14-25/h1-4,18-20H,5-17H2,(H,27,30). The molecule has 6 heteroatoms. The van der Waals surface area contributed by atoms with E-state index in [-0.39, 0.29) is 23.8 Å². The Balaban J connectivity index is 1.05. The molecule has 0 spiro atoms. The van der Waals surface area contributed by atoms with Gasteiger partial charge in [0.2, 0.25) is 11.8 Å². The minimum Gasteiger partial charge on any atom is -0.347 e. The molecule has 4 saturated carbocycles. The molecule has 31 heavy (non-hydrogen) atoms. The summed E-state index contributed by atoms with van der Waals surface area (Å²) in [4.78, 5) is 29.6. The molecular weight excluding hydrogens is 385 g/mol. The second-order valence-electron chi connectivity index (χ2n) is 10.7. The van der Waals surface area contributed by atoms with Crippen LogP contribution in [0, 0.1) is 23.2 Å². The number of amides is 2. The maximum atomic E-state index is 12.7. The fraction of sp³-hybridized carbons (Fsp3) is 0.680. The van der Waals surface area contributed by atoms with Crippen LogP contribution in [-0.4, -0.2) is 62.2 Å². The largest absolute Gasteiger partial charge is 0.347 e. The summed E-state index contributed by atoms with van der Waals surface area (Å²) in [5.74, 6) is 2.67. The van der Waals surface area contributed by atoms with Crippen LogP contribution in [0.3, 0.4) is 0 Å². The highest BCUT2D eigenvalue weighted by Gasteiger charge is 2.51. The average molecular weight is 419 g/mol. The molecule has 1 heterocycles. The molecule has 5 aliphatic rings. The normalized spacial score (nSPS) is 32.3. The van der Waals surface area contributed by atoms with Crippen molar-refractivity contribution in [1.29, 1.82) is 0 Å². The SMILES string of the molecule is [B]c1ccccc1CN1CCN(C(=O)CNC(=O)CC23CC4CC(CC(C4)C2)C3)CC1. The highest BCUT2D eigenvalue weighted by Crippen LogP contribution is 2.61. The van der Waals surface area contributed by atoms with Gasteiger partial charge in [-0.15, -0.1) is 0 Å². The van der Waals surface area contributed by atoms with E-state index < -0.39 is 0 Å². The topological polar surface area (TPSA) is 52.6 Å². The molecule has 0 aromatic heterocycles. The molecule has 1 N–H and O–H groups in total.